The molecule has 2 aromatic heterocycles. The van der Waals surface area contributed by atoms with E-state index in [2.05, 4.69) is 10.3 Å². The second-order valence-corrected chi connectivity index (χ2v) is 12.0. The molecule has 0 aliphatic carbocycles. The molecule has 6 rings (SSSR count). The molecule has 0 spiro atoms. The molecule has 1 fully saturated rings. The monoisotopic (exact) mass is 699 g/mol. The van der Waals surface area contributed by atoms with E-state index in [0.717, 1.165) is 29.0 Å². The van der Waals surface area contributed by atoms with Crippen molar-refractivity contribution in [3.63, 3.8) is 0 Å². The number of nitrogen functional groups attached to an aromatic ring is 1. The normalized spacial score (nSPS) is 14.4. The molecule has 1 atom stereocenters. The van der Waals surface area contributed by atoms with Crippen molar-refractivity contribution in [2.75, 3.05) is 44.6 Å². The number of aromatic nitrogens is 3. The zero-order valence-electron chi connectivity index (χ0n) is 28.0. The number of rotatable bonds is 10. The van der Waals surface area contributed by atoms with E-state index in [1.807, 2.05) is 6.07 Å². The molecule has 51 heavy (non-hydrogen) atoms. The lowest BCUT2D eigenvalue weighted by atomic mass is 10.00. The second kappa shape index (κ2) is 14.9. The highest BCUT2D eigenvalue weighted by Gasteiger charge is 2.22. The van der Waals surface area contributed by atoms with Gasteiger partial charge in [0.25, 0.3) is 11.5 Å². The number of hydrogen-bond acceptors (Lipinski definition) is 9. The average Bonchev–Trinajstić information content (AvgIpc) is 3.12. The van der Waals surface area contributed by atoms with Gasteiger partial charge in [0.2, 0.25) is 0 Å². The molecule has 264 valence electrons. The van der Waals surface area contributed by atoms with Gasteiger partial charge in [-0.15, -0.1) is 0 Å². The van der Waals surface area contributed by atoms with Gasteiger partial charge in [-0.1, -0.05) is 6.07 Å². The minimum absolute atomic E-state index is 0.0458. The fourth-order valence-electron chi connectivity index (χ4n) is 5.56. The van der Waals surface area contributed by atoms with Gasteiger partial charge in [0.05, 0.1) is 32.6 Å². The third-order valence-electron chi connectivity index (χ3n) is 8.24. The van der Waals surface area contributed by atoms with Crippen molar-refractivity contribution < 1.29 is 32.5 Å². The number of hydrogen-bond donors (Lipinski definition) is 2. The standard InChI is InChI=1S/C37H35F2N5O7/c1-21(2)43-18-30(36(46)44(37(43)47)26-8-5-24(38)6-9-26)35(45)42-25-7-10-28(31(39)16-25)29-14-23(17-41-34(29)40)22-4-11-32(33(15-22)48-3)51-20-27-19-49-12-13-50-27/h4-11,14-18,21,27H,12-13,19-20H2,1-3H3,(H2,40,41)(H,42,45). The van der Waals surface area contributed by atoms with Gasteiger partial charge in [-0.05, 0) is 80.1 Å². The molecular formula is C37H35F2N5O7. The molecule has 1 amide bonds. The zero-order valence-corrected chi connectivity index (χ0v) is 28.0. The van der Waals surface area contributed by atoms with E-state index in [1.54, 1.807) is 38.2 Å². The summed E-state index contributed by atoms with van der Waals surface area (Å²) in [4.78, 5) is 44.2. The summed E-state index contributed by atoms with van der Waals surface area (Å²) in [5, 5.41) is 2.54. The molecule has 0 radical (unpaired) electrons. The van der Waals surface area contributed by atoms with Crippen LogP contribution in [0.2, 0.25) is 0 Å². The van der Waals surface area contributed by atoms with E-state index in [4.69, 9.17) is 24.7 Å². The maximum Gasteiger partial charge on any atom is 0.335 e. The summed E-state index contributed by atoms with van der Waals surface area (Å²) in [6.45, 7) is 5.20. The number of amides is 1. The molecule has 3 N–H and O–H groups in total. The summed E-state index contributed by atoms with van der Waals surface area (Å²) in [5.74, 6) is -1.08. The van der Waals surface area contributed by atoms with E-state index >= 15 is 4.39 Å². The minimum atomic E-state index is -0.919. The first-order valence-electron chi connectivity index (χ1n) is 16.1. The average molecular weight is 700 g/mol. The predicted octanol–water partition coefficient (Wildman–Crippen LogP) is 5.22. The van der Waals surface area contributed by atoms with Crippen molar-refractivity contribution in [1.29, 1.82) is 0 Å². The first-order chi connectivity index (χ1) is 24.5. The zero-order chi connectivity index (χ0) is 36.2. The van der Waals surface area contributed by atoms with Gasteiger partial charge in [-0.25, -0.2) is 23.1 Å². The Balaban J connectivity index is 1.25. The van der Waals surface area contributed by atoms with Gasteiger partial charge >= 0.3 is 5.69 Å². The Kier molecular flexibility index (Phi) is 10.3. The van der Waals surface area contributed by atoms with E-state index < -0.39 is 34.8 Å². The molecule has 14 heteroatoms. The number of carbonyl (C=O) groups excluding carboxylic acids is 1. The number of carbonyl (C=O) groups is 1. The van der Waals surface area contributed by atoms with Crippen molar-refractivity contribution in [3.05, 3.63) is 117 Å². The molecule has 12 nitrogen and oxygen atoms in total. The number of nitrogens with one attached hydrogen (secondary N) is 1. The lowest BCUT2D eigenvalue weighted by Gasteiger charge is -2.23. The topological polar surface area (TPSA) is 149 Å². The van der Waals surface area contributed by atoms with E-state index in [0.29, 0.717) is 48.0 Å². The van der Waals surface area contributed by atoms with Crippen LogP contribution in [0.25, 0.3) is 27.9 Å². The molecule has 0 saturated carbocycles. The molecular weight excluding hydrogens is 664 g/mol. The molecule has 0 bridgehead atoms. The van der Waals surface area contributed by atoms with Crippen molar-refractivity contribution in [2.45, 2.75) is 26.0 Å². The first kappa shape index (κ1) is 35.0. The molecule has 3 heterocycles. The Morgan fingerprint density at radius 3 is 2.47 bits per heavy atom. The second-order valence-electron chi connectivity index (χ2n) is 12.0. The van der Waals surface area contributed by atoms with Crippen LogP contribution in [-0.4, -0.2) is 59.7 Å². The fourth-order valence-corrected chi connectivity index (χ4v) is 5.56. The molecule has 1 aliphatic rings. The summed E-state index contributed by atoms with van der Waals surface area (Å²) < 4.78 is 53.8. The Morgan fingerprint density at radius 2 is 1.78 bits per heavy atom. The van der Waals surface area contributed by atoms with Crippen LogP contribution >= 0.6 is 0 Å². The van der Waals surface area contributed by atoms with Crippen LogP contribution in [0, 0.1) is 11.6 Å². The third kappa shape index (κ3) is 7.51. The van der Waals surface area contributed by atoms with Crippen LogP contribution in [0.3, 0.4) is 0 Å². The van der Waals surface area contributed by atoms with Crippen molar-refractivity contribution >= 4 is 17.4 Å². The highest BCUT2D eigenvalue weighted by molar-refractivity contribution is 6.04. The number of benzene rings is 3. The summed E-state index contributed by atoms with van der Waals surface area (Å²) in [5.41, 5.74) is 6.09. The lowest BCUT2D eigenvalue weighted by molar-refractivity contribution is -0.101. The number of methoxy groups -OCH3 is 1. The predicted molar refractivity (Wildman–Crippen MR) is 187 cm³/mol. The van der Waals surface area contributed by atoms with Gasteiger partial charge in [0.15, 0.2) is 11.5 Å². The number of anilines is 2. The Labute approximate surface area is 291 Å². The third-order valence-corrected chi connectivity index (χ3v) is 8.24. The van der Waals surface area contributed by atoms with Gasteiger partial charge in [0.1, 0.15) is 35.7 Å². The maximum absolute atomic E-state index is 15.7. The summed E-state index contributed by atoms with van der Waals surface area (Å²) >= 11 is 0. The SMILES string of the molecule is COc1cc(-c2cnc(N)c(-c3ccc(NC(=O)c4cn(C(C)C)c(=O)n(-c5ccc(F)cc5)c4=O)cc3F)c2)ccc1OCC1COCCO1. The minimum Gasteiger partial charge on any atom is -0.493 e. The van der Waals surface area contributed by atoms with Crippen molar-refractivity contribution in [3.8, 4) is 39.4 Å². The summed E-state index contributed by atoms with van der Waals surface area (Å²) in [7, 11) is 1.52. The van der Waals surface area contributed by atoms with Crippen LogP contribution in [0.1, 0.15) is 30.2 Å². The number of halogens is 2. The smallest absolute Gasteiger partial charge is 0.335 e. The maximum atomic E-state index is 15.7. The van der Waals surface area contributed by atoms with Crippen LogP contribution in [0.5, 0.6) is 11.5 Å². The number of nitrogens with zero attached hydrogens (tertiary/aromatic N) is 3. The summed E-state index contributed by atoms with van der Waals surface area (Å²) in [6.07, 6.45) is 2.53. The molecule has 1 unspecified atom stereocenters. The Morgan fingerprint density at radius 1 is 1.00 bits per heavy atom. The van der Waals surface area contributed by atoms with Crippen LogP contribution in [-0.2, 0) is 9.47 Å². The lowest BCUT2D eigenvalue weighted by Crippen LogP contribution is -2.42. The van der Waals surface area contributed by atoms with Crippen molar-refractivity contribution in [1.82, 2.24) is 14.1 Å². The Bertz CT molecular complexity index is 2200. The largest absolute Gasteiger partial charge is 0.493 e. The van der Waals surface area contributed by atoms with Gasteiger partial charge in [-0.2, -0.15) is 0 Å². The molecule has 1 saturated heterocycles. The van der Waals surface area contributed by atoms with E-state index in [1.165, 1.54) is 35.9 Å². The first-order valence-corrected chi connectivity index (χ1v) is 16.1. The number of nitrogens with two attached hydrogens (primary N) is 1. The van der Waals surface area contributed by atoms with E-state index in [-0.39, 0.29) is 41.0 Å². The Hall–Kier alpha value is -5.86. The quantitative estimate of drug-likeness (QED) is 0.200. The molecule has 5 aromatic rings. The van der Waals surface area contributed by atoms with Gasteiger partial charge in [-0.3, -0.25) is 14.2 Å². The highest BCUT2D eigenvalue weighted by Crippen LogP contribution is 2.36. The van der Waals surface area contributed by atoms with E-state index in [9.17, 15) is 18.8 Å². The summed E-state index contributed by atoms with van der Waals surface area (Å²) in [6, 6.07) is 15.3. The molecule has 3 aromatic carbocycles. The fraction of sp³-hybridized carbons (Fsp3) is 0.243. The van der Waals surface area contributed by atoms with Crippen LogP contribution < -0.4 is 31.8 Å². The molecule has 1 aliphatic heterocycles. The number of ether oxygens (including phenoxy) is 4. The van der Waals surface area contributed by atoms with Gasteiger partial charge < -0.3 is 30.0 Å². The van der Waals surface area contributed by atoms with Gasteiger partial charge in [0, 0.05) is 40.8 Å². The van der Waals surface area contributed by atoms with Crippen molar-refractivity contribution in [2.24, 2.45) is 0 Å². The number of pyridine rings is 1. The highest BCUT2D eigenvalue weighted by atomic mass is 19.1. The van der Waals surface area contributed by atoms with Crippen LogP contribution in [0.4, 0.5) is 20.3 Å². The van der Waals surface area contributed by atoms with Crippen LogP contribution in [0.15, 0.2) is 88.7 Å².